The molecular formula is C17H13Cl2N5O2. The number of anilines is 1. The summed E-state index contributed by atoms with van der Waals surface area (Å²) in [6, 6.07) is 10.2. The van der Waals surface area contributed by atoms with Crippen molar-refractivity contribution in [1.82, 2.24) is 0 Å². The monoisotopic (exact) mass is 389 g/mol. The first-order valence-electron chi connectivity index (χ1n) is 7.51. The number of rotatable bonds is 4. The van der Waals surface area contributed by atoms with Crippen LogP contribution in [0.25, 0.3) is 0 Å². The van der Waals surface area contributed by atoms with Crippen LogP contribution in [-0.4, -0.2) is 23.6 Å². The molecule has 1 atom stereocenters. The van der Waals surface area contributed by atoms with Gasteiger partial charge in [-0.05, 0) is 49.4 Å². The van der Waals surface area contributed by atoms with Gasteiger partial charge in [0.2, 0.25) is 5.91 Å². The molecule has 2 amide bonds. The molecule has 1 unspecified atom stereocenters. The number of halogens is 2. The van der Waals surface area contributed by atoms with Gasteiger partial charge in [-0.15, -0.1) is 0 Å². The summed E-state index contributed by atoms with van der Waals surface area (Å²) in [6.45, 7) is 1.68. The fourth-order valence-corrected chi connectivity index (χ4v) is 2.82. The van der Waals surface area contributed by atoms with Gasteiger partial charge < -0.3 is 5.73 Å². The van der Waals surface area contributed by atoms with E-state index in [0.717, 1.165) is 0 Å². The fourth-order valence-electron chi connectivity index (χ4n) is 2.33. The number of hydrazone groups is 1. The molecule has 1 heterocycles. The molecule has 3 rings (SSSR count). The number of benzene rings is 2. The lowest BCUT2D eigenvalue weighted by molar-refractivity contribution is -0.117. The molecule has 7 nitrogen and oxygen atoms in total. The number of hydrogen-bond acceptors (Lipinski definition) is 5. The Hall–Kier alpha value is -2.77. The smallest absolute Gasteiger partial charge is 0.280 e. The van der Waals surface area contributed by atoms with Crippen molar-refractivity contribution in [1.29, 1.82) is 0 Å². The van der Waals surface area contributed by atoms with Crippen LogP contribution in [0.5, 0.6) is 0 Å². The Bertz CT molecular complexity index is 941. The van der Waals surface area contributed by atoms with Crippen molar-refractivity contribution < 1.29 is 9.59 Å². The van der Waals surface area contributed by atoms with Crippen LogP contribution >= 0.6 is 23.2 Å². The maximum atomic E-state index is 12.6. The molecule has 1 aliphatic rings. The van der Waals surface area contributed by atoms with Crippen molar-refractivity contribution in [3.05, 3.63) is 58.1 Å². The van der Waals surface area contributed by atoms with E-state index in [0.29, 0.717) is 32.7 Å². The van der Waals surface area contributed by atoms with E-state index in [1.807, 2.05) is 0 Å². The van der Waals surface area contributed by atoms with E-state index < -0.39 is 11.9 Å². The van der Waals surface area contributed by atoms with Crippen molar-refractivity contribution in [3.8, 4) is 0 Å². The van der Waals surface area contributed by atoms with Crippen LogP contribution in [0.2, 0.25) is 10.0 Å². The number of amides is 2. The highest BCUT2D eigenvalue weighted by Crippen LogP contribution is 2.32. The van der Waals surface area contributed by atoms with Crippen LogP contribution in [0.4, 0.5) is 11.4 Å². The molecule has 0 bridgehead atoms. The number of primary amides is 1. The summed E-state index contributed by atoms with van der Waals surface area (Å²) in [7, 11) is 0. The van der Waals surface area contributed by atoms with Gasteiger partial charge in [0.1, 0.15) is 0 Å². The van der Waals surface area contributed by atoms with E-state index in [1.165, 1.54) is 23.2 Å². The quantitative estimate of drug-likeness (QED) is 0.799. The highest BCUT2D eigenvalue weighted by Gasteiger charge is 2.35. The second-order valence-electron chi connectivity index (χ2n) is 5.52. The Morgan fingerprint density at radius 1 is 1.19 bits per heavy atom. The molecule has 0 aromatic heterocycles. The topological polar surface area (TPSA) is 100 Å². The molecule has 2 aromatic carbocycles. The van der Waals surface area contributed by atoms with Crippen LogP contribution in [0.15, 0.2) is 57.8 Å². The molecule has 0 fully saturated rings. The third-order valence-corrected chi connectivity index (χ3v) is 4.21. The number of hydrogen-bond donors (Lipinski definition) is 1. The molecule has 0 aliphatic carbocycles. The molecule has 9 heteroatoms. The number of azo groups is 1. The predicted octanol–water partition coefficient (Wildman–Crippen LogP) is 3.97. The van der Waals surface area contributed by atoms with Crippen molar-refractivity contribution >= 4 is 52.1 Å². The van der Waals surface area contributed by atoms with E-state index >= 15 is 0 Å². The third-order valence-electron chi connectivity index (χ3n) is 3.67. The van der Waals surface area contributed by atoms with E-state index in [-0.39, 0.29) is 5.91 Å². The van der Waals surface area contributed by atoms with Crippen LogP contribution in [0.3, 0.4) is 0 Å². The maximum absolute atomic E-state index is 12.6. The molecule has 2 N–H and O–H groups in total. The van der Waals surface area contributed by atoms with Crippen molar-refractivity contribution in [3.63, 3.8) is 0 Å². The van der Waals surface area contributed by atoms with Gasteiger partial charge in [0.15, 0.2) is 6.04 Å². The zero-order chi connectivity index (χ0) is 18.8. The molecule has 0 saturated carbocycles. The van der Waals surface area contributed by atoms with Gasteiger partial charge in [-0.3, -0.25) is 9.59 Å². The summed E-state index contributed by atoms with van der Waals surface area (Å²) in [6.07, 6.45) is 0. The van der Waals surface area contributed by atoms with Gasteiger partial charge >= 0.3 is 0 Å². The third kappa shape index (κ3) is 3.58. The van der Waals surface area contributed by atoms with E-state index in [2.05, 4.69) is 15.3 Å². The second kappa shape index (κ2) is 7.23. The van der Waals surface area contributed by atoms with Gasteiger partial charge in [-0.1, -0.05) is 23.2 Å². The summed E-state index contributed by atoms with van der Waals surface area (Å²) in [5.74, 6) is -0.901. The molecular weight excluding hydrogens is 377 g/mol. The Morgan fingerprint density at radius 3 is 2.50 bits per heavy atom. The molecule has 132 valence electrons. The van der Waals surface area contributed by atoms with Crippen LogP contribution in [0, 0.1) is 0 Å². The van der Waals surface area contributed by atoms with Crippen molar-refractivity contribution in [2.24, 2.45) is 21.1 Å². The highest BCUT2D eigenvalue weighted by atomic mass is 35.5. The van der Waals surface area contributed by atoms with Crippen molar-refractivity contribution in [2.75, 3.05) is 5.01 Å². The van der Waals surface area contributed by atoms with Gasteiger partial charge in [0, 0.05) is 10.6 Å². The van der Waals surface area contributed by atoms with Crippen LogP contribution in [-0.2, 0) is 4.79 Å². The summed E-state index contributed by atoms with van der Waals surface area (Å²) < 4.78 is 0. The maximum Gasteiger partial charge on any atom is 0.280 e. The average Bonchev–Trinajstić information content (AvgIpc) is 2.87. The van der Waals surface area contributed by atoms with Gasteiger partial charge in [-0.2, -0.15) is 20.3 Å². The van der Waals surface area contributed by atoms with Crippen LogP contribution < -0.4 is 10.7 Å². The fraction of sp³-hybridized carbons (Fsp3) is 0.118. The average molecular weight is 390 g/mol. The SMILES string of the molecule is CC1=NN(c2ccc(Cl)cc2Cl)C(=O)C1N=Nc1ccc(C(N)=O)cc1. The first kappa shape index (κ1) is 18.0. The second-order valence-corrected chi connectivity index (χ2v) is 6.36. The minimum atomic E-state index is -0.849. The number of nitrogens with zero attached hydrogens (tertiary/aromatic N) is 4. The summed E-state index contributed by atoms with van der Waals surface area (Å²) in [5.41, 5.74) is 6.94. The lowest BCUT2D eigenvalue weighted by Crippen LogP contribution is -2.29. The highest BCUT2D eigenvalue weighted by molar-refractivity contribution is 6.37. The minimum absolute atomic E-state index is 0.307. The normalized spacial score (nSPS) is 17.0. The van der Waals surface area contributed by atoms with E-state index in [4.69, 9.17) is 28.9 Å². The van der Waals surface area contributed by atoms with Crippen LogP contribution in [0.1, 0.15) is 17.3 Å². The molecule has 26 heavy (non-hydrogen) atoms. The molecule has 1 aliphatic heterocycles. The van der Waals surface area contributed by atoms with Gasteiger partial charge in [-0.25, -0.2) is 0 Å². The minimum Gasteiger partial charge on any atom is -0.366 e. The lowest BCUT2D eigenvalue weighted by atomic mass is 10.2. The first-order valence-corrected chi connectivity index (χ1v) is 8.27. The standard InChI is InChI=1S/C17H13Cl2N5O2/c1-9-15(22-21-12-5-2-10(3-6-12)16(20)25)17(26)24(23-9)14-7-4-11(18)8-13(14)19/h2-8,15H,1H3,(H2,20,25). The van der Waals surface area contributed by atoms with Crippen molar-refractivity contribution in [2.45, 2.75) is 13.0 Å². The Kier molecular flexibility index (Phi) is 5.01. The zero-order valence-electron chi connectivity index (χ0n) is 13.6. The molecule has 0 saturated heterocycles. The Labute approximate surface area is 159 Å². The Balaban J connectivity index is 1.80. The van der Waals surface area contributed by atoms with Gasteiger partial charge in [0.25, 0.3) is 5.91 Å². The molecule has 0 radical (unpaired) electrons. The zero-order valence-corrected chi connectivity index (χ0v) is 15.1. The summed E-state index contributed by atoms with van der Waals surface area (Å²) >= 11 is 12.0. The predicted molar refractivity (Wildman–Crippen MR) is 100 cm³/mol. The largest absolute Gasteiger partial charge is 0.366 e. The van der Waals surface area contributed by atoms with E-state index in [1.54, 1.807) is 31.2 Å². The number of carbonyl (C=O) groups excluding carboxylic acids is 2. The molecule has 2 aromatic rings. The van der Waals surface area contributed by atoms with Gasteiger partial charge in [0.05, 0.1) is 22.1 Å². The Morgan fingerprint density at radius 2 is 1.88 bits per heavy atom. The lowest BCUT2D eigenvalue weighted by Gasteiger charge is -2.14. The number of carbonyl (C=O) groups is 2. The molecule has 0 spiro atoms. The first-order chi connectivity index (χ1) is 12.4. The number of nitrogens with two attached hydrogens (primary N) is 1. The summed E-state index contributed by atoms with van der Waals surface area (Å²) in [5, 5.41) is 14.3. The van der Waals surface area contributed by atoms with E-state index in [9.17, 15) is 9.59 Å². The summed E-state index contributed by atoms with van der Waals surface area (Å²) in [4.78, 5) is 23.7.